The molecule has 1 aliphatic carbocycles. The summed E-state index contributed by atoms with van der Waals surface area (Å²) in [6.07, 6.45) is 4.84. The van der Waals surface area contributed by atoms with Gasteiger partial charge in [0.05, 0.1) is 6.04 Å². The SMILES string of the molecule is CNC(=O)C(CC(C)C)NC1CCCCC1CNC(=O)OC(C)(C)C. The summed E-state index contributed by atoms with van der Waals surface area (Å²) < 4.78 is 5.32. The van der Waals surface area contributed by atoms with E-state index in [1.807, 2.05) is 20.8 Å². The second kappa shape index (κ2) is 10.00. The Morgan fingerprint density at radius 3 is 2.36 bits per heavy atom. The fraction of sp³-hybridized carbons (Fsp3) is 0.895. The molecular formula is C19H37N3O3. The van der Waals surface area contributed by atoms with Crippen LogP contribution in [0, 0.1) is 11.8 Å². The Labute approximate surface area is 152 Å². The number of hydrogen-bond donors (Lipinski definition) is 3. The Bertz CT molecular complexity index is 432. The summed E-state index contributed by atoms with van der Waals surface area (Å²) in [6.45, 7) is 10.4. The van der Waals surface area contributed by atoms with Gasteiger partial charge in [0.2, 0.25) is 5.91 Å². The van der Waals surface area contributed by atoms with Crippen LogP contribution in [0.15, 0.2) is 0 Å². The fourth-order valence-electron chi connectivity index (χ4n) is 3.35. The van der Waals surface area contributed by atoms with Crippen molar-refractivity contribution in [3.63, 3.8) is 0 Å². The van der Waals surface area contributed by atoms with E-state index >= 15 is 0 Å². The van der Waals surface area contributed by atoms with E-state index in [9.17, 15) is 9.59 Å². The maximum absolute atomic E-state index is 12.2. The molecule has 1 aliphatic rings. The summed E-state index contributed by atoms with van der Waals surface area (Å²) in [5, 5.41) is 9.21. The first-order valence-corrected chi connectivity index (χ1v) is 9.57. The van der Waals surface area contributed by atoms with Crippen LogP contribution in [-0.2, 0) is 9.53 Å². The Hall–Kier alpha value is -1.30. The zero-order chi connectivity index (χ0) is 19.0. The third kappa shape index (κ3) is 8.56. The van der Waals surface area contributed by atoms with Crippen molar-refractivity contribution in [1.29, 1.82) is 0 Å². The number of likely N-dealkylation sites (N-methyl/N-ethyl adjacent to an activating group) is 1. The van der Waals surface area contributed by atoms with E-state index in [0.29, 0.717) is 18.4 Å². The normalized spacial score (nSPS) is 22.4. The zero-order valence-corrected chi connectivity index (χ0v) is 16.8. The number of rotatable bonds is 7. The number of carbonyl (C=O) groups is 2. The van der Waals surface area contributed by atoms with E-state index in [2.05, 4.69) is 29.8 Å². The summed E-state index contributed by atoms with van der Waals surface area (Å²) in [6, 6.07) is 0.0573. The quantitative estimate of drug-likeness (QED) is 0.656. The van der Waals surface area contributed by atoms with Crippen molar-refractivity contribution in [3.05, 3.63) is 0 Å². The Balaban J connectivity index is 2.62. The average Bonchev–Trinajstić information content (AvgIpc) is 2.50. The van der Waals surface area contributed by atoms with Gasteiger partial charge in [-0.25, -0.2) is 4.79 Å². The highest BCUT2D eigenvalue weighted by Gasteiger charge is 2.30. The lowest BCUT2D eigenvalue weighted by Crippen LogP contribution is -2.53. The zero-order valence-electron chi connectivity index (χ0n) is 16.8. The van der Waals surface area contributed by atoms with E-state index in [1.165, 1.54) is 0 Å². The number of alkyl carbamates (subject to hydrolysis) is 1. The number of hydrogen-bond acceptors (Lipinski definition) is 4. The molecule has 0 aromatic carbocycles. The van der Waals surface area contributed by atoms with Crippen LogP contribution in [0.5, 0.6) is 0 Å². The molecule has 3 N–H and O–H groups in total. The molecule has 0 aromatic heterocycles. The molecule has 2 amide bonds. The highest BCUT2D eigenvalue weighted by Crippen LogP contribution is 2.25. The van der Waals surface area contributed by atoms with Gasteiger partial charge in [0.1, 0.15) is 5.60 Å². The molecule has 0 radical (unpaired) electrons. The van der Waals surface area contributed by atoms with Crippen LogP contribution >= 0.6 is 0 Å². The van der Waals surface area contributed by atoms with Crippen molar-refractivity contribution in [2.45, 2.75) is 84.4 Å². The van der Waals surface area contributed by atoms with Gasteiger partial charge in [-0.1, -0.05) is 26.7 Å². The van der Waals surface area contributed by atoms with Crippen molar-refractivity contribution in [2.24, 2.45) is 11.8 Å². The van der Waals surface area contributed by atoms with Gasteiger partial charge in [-0.3, -0.25) is 4.79 Å². The maximum Gasteiger partial charge on any atom is 0.407 e. The Morgan fingerprint density at radius 2 is 1.80 bits per heavy atom. The molecule has 1 rings (SSSR count). The first-order chi connectivity index (χ1) is 11.6. The van der Waals surface area contributed by atoms with Crippen LogP contribution in [0.1, 0.15) is 66.7 Å². The van der Waals surface area contributed by atoms with Gasteiger partial charge >= 0.3 is 6.09 Å². The highest BCUT2D eigenvalue weighted by molar-refractivity contribution is 5.81. The standard InChI is InChI=1S/C19H37N3O3/c1-13(2)11-16(17(23)20-6)22-15-10-8-7-9-14(15)12-21-18(24)25-19(3,4)5/h13-16,22H,7-12H2,1-6H3,(H,20,23)(H,21,24). The average molecular weight is 356 g/mol. The number of amides is 2. The largest absolute Gasteiger partial charge is 0.444 e. The Morgan fingerprint density at radius 1 is 1.16 bits per heavy atom. The molecule has 3 unspecified atom stereocenters. The maximum atomic E-state index is 12.2. The lowest BCUT2D eigenvalue weighted by atomic mass is 9.83. The molecule has 1 saturated carbocycles. The fourth-order valence-corrected chi connectivity index (χ4v) is 3.35. The van der Waals surface area contributed by atoms with E-state index in [0.717, 1.165) is 32.1 Å². The molecule has 3 atom stereocenters. The molecule has 6 nitrogen and oxygen atoms in total. The van der Waals surface area contributed by atoms with Crippen LogP contribution in [0.25, 0.3) is 0 Å². The first kappa shape index (κ1) is 21.7. The van der Waals surface area contributed by atoms with Gasteiger partial charge in [-0.2, -0.15) is 0 Å². The van der Waals surface area contributed by atoms with Crippen LogP contribution in [0.2, 0.25) is 0 Å². The van der Waals surface area contributed by atoms with Gasteiger partial charge in [-0.15, -0.1) is 0 Å². The summed E-state index contributed by atoms with van der Waals surface area (Å²) in [4.78, 5) is 24.1. The van der Waals surface area contributed by atoms with Crippen LogP contribution < -0.4 is 16.0 Å². The Kier molecular flexibility index (Phi) is 8.69. The smallest absolute Gasteiger partial charge is 0.407 e. The van der Waals surface area contributed by atoms with Gasteiger partial charge in [-0.05, 0) is 51.9 Å². The van der Waals surface area contributed by atoms with Crippen LogP contribution in [-0.4, -0.2) is 43.3 Å². The summed E-state index contributed by atoms with van der Waals surface area (Å²) >= 11 is 0. The van der Waals surface area contributed by atoms with Crippen LogP contribution in [0.4, 0.5) is 4.79 Å². The number of ether oxygens (including phenoxy) is 1. The number of carbonyl (C=O) groups excluding carboxylic acids is 2. The molecule has 0 spiro atoms. The van der Waals surface area contributed by atoms with E-state index < -0.39 is 5.60 Å². The third-order valence-electron chi connectivity index (χ3n) is 4.50. The van der Waals surface area contributed by atoms with Crippen molar-refractivity contribution in [3.8, 4) is 0 Å². The third-order valence-corrected chi connectivity index (χ3v) is 4.50. The molecule has 0 aliphatic heterocycles. The predicted octanol–water partition coefficient (Wildman–Crippen LogP) is 2.82. The van der Waals surface area contributed by atoms with Crippen molar-refractivity contribution < 1.29 is 14.3 Å². The molecule has 0 aromatic rings. The van der Waals surface area contributed by atoms with Gasteiger partial charge in [0.15, 0.2) is 0 Å². The predicted molar refractivity (Wildman–Crippen MR) is 100 cm³/mol. The molecule has 0 bridgehead atoms. The van der Waals surface area contributed by atoms with Gasteiger partial charge in [0, 0.05) is 19.6 Å². The monoisotopic (exact) mass is 355 g/mol. The molecule has 25 heavy (non-hydrogen) atoms. The minimum Gasteiger partial charge on any atom is -0.444 e. The first-order valence-electron chi connectivity index (χ1n) is 9.57. The van der Waals surface area contributed by atoms with E-state index in [-0.39, 0.29) is 24.1 Å². The van der Waals surface area contributed by atoms with Gasteiger partial charge in [0.25, 0.3) is 0 Å². The van der Waals surface area contributed by atoms with Crippen molar-refractivity contribution in [2.75, 3.05) is 13.6 Å². The lowest BCUT2D eigenvalue weighted by Gasteiger charge is -2.35. The molecule has 1 fully saturated rings. The highest BCUT2D eigenvalue weighted by atomic mass is 16.6. The summed E-state index contributed by atoms with van der Waals surface area (Å²) in [5.41, 5.74) is -0.490. The molecular weight excluding hydrogens is 318 g/mol. The molecule has 146 valence electrons. The van der Waals surface area contributed by atoms with E-state index in [1.54, 1.807) is 7.05 Å². The lowest BCUT2D eigenvalue weighted by molar-refractivity contribution is -0.123. The van der Waals surface area contributed by atoms with Gasteiger partial charge < -0.3 is 20.7 Å². The molecule has 0 heterocycles. The second-order valence-corrected chi connectivity index (χ2v) is 8.50. The molecule has 6 heteroatoms. The topological polar surface area (TPSA) is 79.5 Å². The second-order valence-electron chi connectivity index (χ2n) is 8.50. The van der Waals surface area contributed by atoms with Crippen molar-refractivity contribution >= 4 is 12.0 Å². The number of nitrogens with one attached hydrogen (secondary N) is 3. The van der Waals surface area contributed by atoms with Crippen LogP contribution in [0.3, 0.4) is 0 Å². The van der Waals surface area contributed by atoms with Crippen molar-refractivity contribution in [1.82, 2.24) is 16.0 Å². The van der Waals surface area contributed by atoms with E-state index in [4.69, 9.17) is 4.74 Å². The minimum absolute atomic E-state index is 0.0399. The minimum atomic E-state index is -0.490. The molecule has 0 saturated heterocycles. The summed E-state index contributed by atoms with van der Waals surface area (Å²) in [7, 11) is 1.68. The summed E-state index contributed by atoms with van der Waals surface area (Å²) in [5.74, 6) is 0.801.